The Bertz CT molecular complexity index is 1280. The van der Waals surface area contributed by atoms with E-state index in [1.54, 1.807) is 23.1 Å². The summed E-state index contributed by atoms with van der Waals surface area (Å²) >= 11 is 0. The van der Waals surface area contributed by atoms with Crippen LogP contribution in [0.4, 0.5) is 0 Å². The van der Waals surface area contributed by atoms with Gasteiger partial charge < -0.3 is 18.8 Å². The fourth-order valence-electron chi connectivity index (χ4n) is 5.00. The molecule has 2 aliphatic heterocycles. The van der Waals surface area contributed by atoms with Crippen molar-refractivity contribution in [1.29, 1.82) is 0 Å². The van der Waals surface area contributed by atoms with Gasteiger partial charge in [0, 0.05) is 31.6 Å². The Morgan fingerprint density at radius 3 is 2.57 bits per heavy atom. The number of ketones is 2. The van der Waals surface area contributed by atoms with E-state index in [-0.39, 0.29) is 5.76 Å². The number of carbonyl (C=O) groups excluding carboxylic acids is 3. The van der Waals surface area contributed by atoms with Crippen molar-refractivity contribution in [2.45, 2.75) is 13.0 Å². The minimum atomic E-state index is -1.18. The number of rotatable bonds is 7. The van der Waals surface area contributed by atoms with Gasteiger partial charge in [-0.15, -0.1) is 0 Å². The first-order valence-corrected chi connectivity index (χ1v) is 11.8. The SMILES string of the molecule is COc1cccc2cc(C(=O)C3C(=O)C(=O)N(CCN4CCOCC4)C3c3cccc(C)c3)oc12. The molecule has 0 saturated carbocycles. The Balaban J connectivity index is 1.51. The van der Waals surface area contributed by atoms with E-state index >= 15 is 0 Å². The van der Waals surface area contributed by atoms with E-state index in [2.05, 4.69) is 4.90 Å². The molecule has 8 heteroatoms. The number of aryl methyl sites for hydroxylation is 1. The number of para-hydroxylation sites is 1. The number of methoxy groups -OCH3 is 1. The van der Waals surface area contributed by atoms with Gasteiger partial charge in [-0.25, -0.2) is 0 Å². The summed E-state index contributed by atoms with van der Waals surface area (Å²) in [7, 11) is 1.53. The van der Waals surface area contributed by atoms with Gasteiger partial charge in [0.15, 0.2) is 17.1 Å². The number of ether oxygens (including phenoxy) is 2. The van der Waals surface area contributed by atoms with Crippen molar-refractivity contribution >= 4 is 28.4 Å². The van der Waals surface area contributed by atoms with Crippen LogP contribution in [-0.4, -0.2) is 73.8 Å². The monoisotopic (exact) mass is 476 g/mol. The number of carbonyl (C=O) groups is 3. The Kier molecular flexibility index (Phi) is 6.40. The minimum Gasteiger partial charge on any atom is -0.493 e. The zero-order chi connectivity index (χ0) is 24.5. The number of morpholine rings is 1. The first-order chi connectivity index (χ1) is 17.0. The van der Waals surface area contributed by atoms with Gasteiger partial charge in [0.05, 0.1) is 26.4 Å². The molecule has 0 spiro atoms. The predicted molar refractivity (Wildman–Crippen MR) is 128 cm³/mol. The summed E-state index contributed by atoms with van der Waals surface area (Å²) in [6, 6.07) is 13.9. The Labute approximate surface area is 203 Å². The summed E-state index contributed by atoms with van der Waals surface area (Å²) in [6.45, 7) is 5.73. The standard InChI is InChI=1S/C27H28N2O6/c1-17-5-3-6-18(15-17)23-22(24(30)21-16-19-7-4-8-20(33-2)26(19)35-21)25(31)27(32)29(23)10-9-28-11-13-34-14-12-28/h3-8,15-16,22-23H,9-14H2,1-2H3. The number of hydrogen-bond acceptors (Lipinski definition) is 7. The zero-order valence-electron chi connectivity index (χ0n) is 19.9. The highest BCUT2D eigenvalue weighted by Gasteiger charge is 2.52. The van der Waals surface area contributed by atoms with Gasteiger partial charge >= 0.3 is 0 Å². The zero-order valence-corrected chi connectivity index (χ0v) is 19.9. The maximum absolute atomic E-state index is 13.7. The molecule has 3 aromatic rings. The molecule has 2 aromatic carbocycles. The van der Waals surface area contributed by atoms with Crippen LogP contribution in [0.25, 0.3) is 11.0 Å². The molecule has 182 valence electrons. The molecule has 35 heavy (non-hydrogen) atoms. The van der Waals surface area contributed by atoms with Crippen LogP contribution in [0.5, 0.6) is 5.75 Å². The number of amides is 1. The maximum atomic E-state index is 13.7. The van der Waals surface area contributed by atoms with E-state index < -0.39 is 29.4 Å². The smallest absolute Gasteiger partial charge is 0.291 e. The average Bonchev–Trinajstić information content (AvgIpc) is 3.42. The van der Waals surface area contributed by atoms with Crippen molar-refractivity contribution < 1.29 is 28.3 Å². The maximum Gasteiger partial charge on any atom is 0.291 e. The van der Waals surface area contributed by atoms with Gasteiger partial charge in [0.2, 0.25) is 11.6 Å². The number of nitrogens with zero attached hydrogens (tertiary/aromatic N) is 2. The molecule has 2 aliphatic rings. The van der Waals surface area contributed by atoms with Crippen LogP contribution in [0, 0.1) is 12.8 Å². The second-order valence-corrected chi connectivity index (χ2v) is 9.01. The number of furan rings is 1. The van der Waals surface area contributed by atoms with Crippen LogP contribution in [0.1, 0.15) is 27.7 Å². The molecule has 0 N–H and O–H groups in total. The molecule has 2 unspecified atom stereocenters. The van der Waals surface area contributed by atoms with Gasteiger partial charge in [0.25, 0.3) is 5.91 Å². The van der Waals surface area contributed by atoms with Crippen molar-refractivity contribution in [3.8, 4) is 5.75 Å². The summed E-state index contributed by atoms with van der Waals surface area (Å²) < 4.78 is 16.6. The van der Waals surface area contributed by atoms with E-state index in [0.717, 1.165) is 24.2 Å². The van der Waals surface area contributed by atoms with Gasteiger partial charge in [-0.1, -0.05) is 42.0 Å². The van der Waals surface area contributed by atoms with Gasteiger partial charge in [-0.05, 0) is 24.6 Å². The normalized spacial score (nSPS) is 21.1. The summed E-state index contributed by atoms with van der Waals surface area (Å²) in [5, 5.41) is 0.695. The molecule has 1 amide bonds. The van der Waals surface area contributed by atoms with Crippen molar-refractivity contribution in [3.63, 3.8) is 0 Å². The summed E-state index contributed by atoms with van der Waals surface area (Å²) in [5.74, 6) is -2.46. The lowest BCUT2D eigenvalue weighted by Gasteiger charge is -2.31. The second kappa shape index (κ2) is 9.64. The van der Waals surface area contributed by atoms with E-state index in [1.807, 2.05) is 37.3 Å². The molecular weight excluding hydrogens is 448 g/mol. The highest BCUT2D eigenvalue weighted by molar-refractivity contribution is 6.43. The minimum absolute atomic E-state index is 0.0448. The highest BCUT2D eigenvalue weighted by Crippen LogP contribution is 2.39. The Morgan fingerprint density at radius 2 is 1.83 bits per heavy atom. The van der Waals surface area contributed by atoms with Crippen LogP contribution in [-0.2, 0) is 14.3 Å². The van der Waals surface area contributed by atoms with Crippen molar-refractivity contribution in [3.05, 3.63) is 65.4 Å². The summed E-state index contributed by atoms with van der Waals surface area (Å²) in [6.07, 6.45) is 0. The topological polar surface area (TPSA) is 89.3 Å². The molecule has 0 radical (unpaired) electrons. The molecule has 5 rings (SSSR count). The molecule has 8 nitrogen and oxygen atoms in total. The third kappa shape index (κ3) is 4.35. The van der Waals surface area contributed by atoms with Crippen molar-refractivity contribution in [2.24, 2.45) is 5.92 Å². The molecule has 0 bridgehead atoms. The first-order valence-electron chi connectivity index (χ1n) is 11.8. The summed E-state index contributed by atoms with van der Waals surface area (Å²) in [5.41, 5.74) is 2.19. The first kappa shape index (κ1) is 23.3. The van der Waals surface area contributed by atoms with Crippen LogP contribution in [0.2, 0.25) is 0 Å². The Hall–Kier alpha value is -3.49. The molecule has 3 heterocycles. The largest absolute Gasteiger partial charge is 0.493 e. The van der Waals surface area contributed by atoms with Gasteiger partial charge in [-0.3, -0.25) is 19.3 Å². The molecular formula is C27H28N2O6. The van der Waals surface area contributed by atoms with Crippen LogP contribution in [0.15, 0.2) is 52.9 Å². The second-order valence-electron chi connectivity index (χ2n) is 9.01. The number of likely N-dealkylation sites (tertiary alicyclic amines) is 1. The van der Waals surface area contributed by atoms with Gasteiger partial charge in [-0.2, -0.15) is 0 Å². The fourth-order valence-corrected chi connectivity index (χ4v) is 5.00. The van der Waals surface area contributed by atoms with E-state index in [4.69, 9.17) is 13.9 Å². The lowest BCUT2D eigenvalue weighted by Crippen LogP contribution is -2.42. The van der Waals surface area contributed by atoms with Crippen LogP contribution in [0.3, 0.4) is 0 Å². The number of fused-ring (bicyclic) bond motifs is 1. The van der Waals surface area contributed by atoms with Crippen molar-refractivity contribution in [2.75, 3.05) is 46.5 Å². The number of Topliss-reactive ketones (excluding diaryl/α,β-unsaturated/α-hetero) is 2. The lowest BCUT2D eigenvalue weighted by molar-refractivity contribution is -0.141. The van der Waals surface area contributed by atoms with Gasteiger partial charge in [0.1, 0.15) is 5.92 Å². The number of benzene rings is 2. The average molecular weight is 477 g/mol. The fraction of sp³-hybridized carbons (Fsp3) is 0.370. The van der Waals surface area contributed by atoms with E-state index in [0.29, 0.717) is 43.0 Å². The predicted octanol–water partition coefficient (Wildman–Crippen LogP) is 3.03. The third-order valence-corrected chi connectivity index (χ3v) is 6.80. The number of hydrogen-bond donors (Lipinski definition) is 0. The Morgan fingerprint density at radius 1 is 1.06 bits per heavy atom. The van der Waals surface area contributed by atoms with E-state index in [9.17, 15) is 14.4 Å². The quantitative estimate of drug-likeness (QED) is 0.294. The van der Waals surface area contributed by atoms with Crippen molar-refractivity contribution in [1.82, 2.24) is 9.80 Å². The molecule has 2 atom stereocenters. The van der Waals surface area contributed by atoms with E-state index in [1.165, 1.54) is 7.11 Å². The van der Waals surface area contributed by atoms with Crippen LogP contribution >= 0.6 is 0 Å². The summed E-state index contributed by atoms with van der Waals surface area (Å²) in [4.78, 5) is 44.0. The van der Waals surface area contributed by atoms with Crippen LogP contribution < -0.4 is 4.74 Å². The molecule has 2 fully saturated rings. The molecule has 0 aliphatic carbocycles. The lowest BCUT2D eigenvalue weighted by atomic mass is 9.87. The third-order valence-electron chi connectivity index (χ3n) is 6.80. The molecule has 1 aromatic heterocycles. The highest BCUT2D eigenvalue weighted by atomic mass is 16.5. The molecule has 2 saturated heterocycles.